The maximum atomic E-state index is 13.1. The highest BCUT2D eigenvalue weighted by molar-refractivity contribution is 5.75. The number of benzene rings is 3. The molecule has 0 radical (unpaired) electrons. The molecule has 0 unspecified atom stereocenters. The first-order valence-corrected chi connectivity index (χ1v) is 11.3. The van der Waals surface area contributed by atoms with Crippen LogP contribution in [-0.2, 0) is 29.5 Å². The van der Waals surface area contributed by atoms with E-state index < -0.39 is 12.1 Å². The molecule has 3 aromatic carbocycles. The Hall–Kier alpha value is -3.67. The number of aryl methyl sites for hydroxylation is 2. The van der Waals surface area contributed by atoms with Crippen LogP contribution in [0.4, 0.5) is 4.39 Å². The number of rotatable bonds is 8. The summed E-state index contributed by atoms with van der Waals surface area (Å²) >= 11 is 0. The van der Waals surface area contributed by atoms with E-state index in [4.69, 9.17) is 9.15 Å². The van der Waals surface area contributed by atoms with Crippen LogP contribution in [0, 0.1) is 5.82 Å². The number of aromatic nitrogens is 1. The molecule has 1 atom stereocenters. The number of carboxylic acids is 1. The second-order valence-corrected chi connectivity index (χ2v) is 9.46. The van der Waals surface area contributed by atoms with Gasteiger partial charge in [-0.15, -0.1) is 0 Å². The van der Waals surface area contributed by atoms with E-state index in [0.717, 1.165) is 16.7 Å². The first kappa shape index (κ1) is 23.5. The molecule has 1 N–H and O–H groups in total. The summed E-state index contributed by atoms with van der Waals surface area (Å²) in [6, 6.07) is 19.4. The summed E-state index contributed by atoms with van der Waals surface area (Å²) in [7, 11) is 0. The van der Waals surface area contributed by atoms with Crippen LogP contribution in [0.2, 0.25) is 0 Å². The highest BCUT2D eigenvalue weighted by Crippen LogP contribution is 2.25. The summed E-state index contributed by atoms with van der Waals surface area (Å²) in [5, 5.41) is 9.71. The molecule has 5 nitrogen and oxygen atoms in total. The number of halogens is 1. The first-order valence-electron chi connectivity index (χ1n) is 11.3. The molecule has 0 fully saturated rings. The van der Waals surface area contributed by atoms with Gasteiger partial charge in [-0.1, -0.05) is 51.1 Å². The van der Waals surface area contributed by atoms with Crippen molar-refractivity contribution >= 4 is 17.1 Å². The topological polar surface area (TPSA) is 72.6 Å². The van der Waals surface area contributed by atoms with E-state index in [1.54, 1.807) is 18.2 Å². The number of aliphatic carboxylic acids is 1. The fraction of sp³-hybridized carbons (Fsp3) is 0.286. The molecule has 0 aliphatic rings. The average molecular weight is 462 g/mol. The van der Waals surface area contributed by atoms with Gasteiger partial charge in [0.1, 0.15) is 17.1 Å². The van der Waals surface area contributed by atoms with Gasteiger partial charge in [-0.25, -0.2) is 14.2 Å². The van der Waals surface area contributed by atoms with Crippen molar-refractivity contribution in [2.75, 3.05) is 0 Å². The maximum Gasteiger partial charge on any atom is 0.345 e. The zero-order chi connectivity index (χ0) is 24.3. The molecular formula is C28H28FNO4. The summed E-state index contributed by atoms with van der Waals surface area (Å²) < 4.78 is 24.7. The molecule has 0 amide bonds. The molecular weight excluding hydrogens is 433 g/mol. The van der Waals surface area contributed by atoms with E-state index in [1.165, 1.54) is 12.1 Å². The predicted octanol–water partition coefficient (Wildman–Crippen LogP) is 6.12. The molecule has 0 spiro atoms. The number of hydrogen-bond donors (Lipinski definition) is 1. The molecule has 0 aliphatic heterocycles. The molecule has 0 aliphatic carbocycles. The van der Waals surface area contributed by atoms with Gasteiger partial charge in [0, 0.05) is 12.8 Å². The van der Waals surface area contributed by atoms with E-state index >= 15 is 0 Å². The Kier molecular flexibility index (Phi) is 6.68. The molecule has 1 heterocycles. The van der Waals surface area contributed by atoms with Crippen LogP contribution >= 0.6 is 0 Å². The number of ether oxygens (including phenoxy) is 1. The third kappa shape index (κ3) is 5.81. The van der Waals surface area contributed by atoms with Crippen LogP contribution in [0.25, 0.3) is 11.1 Å². The summed E-state index contributed by atoms with van der Waals surface area (Å²) in [5.41, 5.74) is 4.27. The normalized spacial score (nSPS) is 12.6. The number of hydrogen-bond acceptors (Lipinski definition) is 4. The fourth-order valence-corrected chi connectivity index (χ4v) is 3.75. The lowest BCUT2D eigenvalue weighted by molar-refractivity contribution is -0.145. The van der Waals surface area contributed by atoms with Crippen LogP contribution in [0.15, 0.2) is 71.1 Å². The Morgan fingerprint density at radius 2 is 1.68 bits per heavy atom. The van der Waals surface area contributed by atoms with Crippen LogP contribution < -0.4 is 4.74 Å². The van der Waals surface area contributed by atoms with Gasteiger partial charge in [0.05, 0.1) is 0 Å². The van der Waals surface area contributed by atoms with Crippen molar-refractivity contribution in [1.29, 1.82) is 0 Å². The number of carbonyl (C=O) groups is 1. The van der Waals surface area contributed by atoms with Crippen molar-refractivity contribution in [1.82, 2.24) is 4.98 Å². The minimum absolute atomic E-state index is 0.00953. The second-order valence-electron chi connectivity index (χ2n) is 9.46. The van der Waals surface area contributed by atoms with Crippen molar-refractivity contribution in [3.05, 3.63) is 95.1 Å². The number of carboxylic acid groups (broad SMARTS) is 1. The van der Waals surface area contributed by atoms with E-state index in [-0.39, 0.29) is 17.7 Å². The van der Waals surface area contributed by atoms with Crippen LogP contribution in [0.5, 0.6) is 5.75 Å². The van der Waals surface area contributed by atoms with Gasteiger partial charge in [-0.2, -0.15) is 0 Å². The lowest BCUT2D eigenvalue weighted by Crippen LogP contribution is -2.29. The zero-order valence-electron chi connectivity index (χ0n) is 19.5. The van der Waals surface area contributed by atoms with Crippen molar-refractivity contribution < 1.29 is 23.4 Å². The minimum atomic E-state index is -1.03. The molecule has 4 aromatic rings. The van der Waals surface area contributed by atoms with Crippen molar-refractivity contribution in [3.8, 4) is 5.75 Å². The monoisotopic (exact) mass is 461 g/mol. The number of nitrogens with zero attached hydrogens (tertiary/aromatic N) is 1. The standard InChI is InChI=1S/C28H28FNO4/c1-28(2,3)20-8-12-22(13-9-20)33-25(27(31)32)17-19-6-14-24-23(16-19)30-26(34-24)15-7-18-4-10-21(29)11-5-18/h4-6,8-14,16,25H,7,15,17H2,1-3H3,(H,31,32)/t25-/m0/s1. The highest BCUT2D eigenvalue weighted by Gasteiger charge is 2.21. The summed E-state index contributed by atoms with van der Waals surface area (Å²) in [6.45, 7) is 6.37. The zero-order valence-corrected chi connectivity index (χ0v) is 19.5. The van der Waals surface area contributed by atoms with Crippen molar-refractivity contribution in [3.63, 3.8) is 0 Å². The Morgan fingerprint density at radius 1 is 1.00 bits per heavy atom. The lowest BCUT2D eigenvalue weighted by Gasteiger charge is -2.20. The second kappa shape index (κ2) is 9.67. The highest BCUT2D eigenvalue weighted by atomic mass is 19.1. The molecule has 34 heavy (non-hydrogen) atoms. The molecule has 0 saturated carbocycles. The first-order chi connectivity index (χ1) is 16.2. The van der Waals surface area contributed by atoms with Gasteiger partial charge in [-0.3, -0.25) is 0 Å². The van der Waals surface area contributed by atoms with E-state index in [2.05, 4.69) is 25.8 Å². The number of fused-ring (bicyclic) bond motifs is 1. The smallest absolute Gasteiger partial charge is 0.345 e. The SMILES string of the molecule is CC(C)(C)c1ccc(O[C@@H](Cc2ccc3oc(CCc4ccc(F)cc4)nc3c2)C(=O)O)cc1. The van der Waals surface area contributed by atoms with Crippen molar-refractivity contribution in [2.24, 2.45) is 0 Å². The molecule has 0 saturated heterocycles. The molecule has 0 bridgehead atoms. The fourth-order valence-electron chi connectivity index (χ4n) is 3.75. The molecule has 6 heteroatoms. The Labute approximate surface area is 198 Å². The summed E-state index contributed by atoms with van der Waals surface area (Å²) in [4.78, 5) is 16.4. The van der Waals surface area contributed by atoms with E-state index in [0.29, 0.717) is 35.6 Å². The van der Waals surface area contributed by atoms with E-state index in [1.807, 2.05) is 36.4 Å². The van der Waals surface area contributed by atoms with Gasteiger partial charge in [0.15, 0.2) is 17.6 Å². The summed E-state index contributed by atoms with van der Waals surface area (Å²) in [5.74, 6) is -0.184. The quantitative estimate of drug-likeness (QED) is 0.342. The van der Waals surface area contributed by atoms with Crippen molar-refractivity contribution in [2.45, 2.75) is 51.6 Å². The Bertz CT molecular complexity index is 1270. The van der Waals surface area contributed by atoms with Gasteiger partial charge >= 0.3 is 5.97 Å². The Balaban J connectivity index is 1.44. The lowest BCUT2D eigenvalue weighted by atomic mass is 9.87. The van der Waals surface area contributed by atoms with Gasteiger partial charge in [0.25, 0.3) is 0 Å². The summed E-state index contributed by atoms with van der Waals surface area (Å²) in [6.07, 6.45) is 0.441. The number of oxazole rings is 1. The van der Waals surface area contributed by atoms with Gasteiger partial charge in [0.2, 0.25) is 0 Å². The van der Waals surface area contributed by atoms with Gasteiger partial charge < -0.3 is 14.3 Å². The third-order valence-corrected chi connectivity index (χ3v) is 5.73. The minimum Gasteiger partial charge on any atom is -0.478 e. The van der Waals surface area contributed by atoms with Crippen LogP contribution in [0.1, 0.15) is 43.4 Å². The molecule has 4 rings (SSSR count). The predicted molar refractivity (Wildman–Crippen MR) is 129 cm³/mol. The maximum absolute atomic E-state index is 13.1. The molecule has 1 aromatic heterocycles. The molecule has 176 valence electrons. The third-order valence-electron chi connectivity index (χ3n) is 5.73. The average Bonchev–Trinajstić information content (AvgIpc) is 3.20. The largest absolute Gasteiger partial charge is 0.478 e. The Morgan fingerprint density at radius 3 is 2.32 bits per heavy atom. The van der Waals surface area contributed by atoms with E-state index in [9.17, 15) is 14.3 Å². The van der Waals surface area contributed by atoms with Crippen LogP contribution in [-0.4, -0.2) is 22.2 Å². The van der Waals surface area contributed by atoms with Gasteiger partial charge in [-0.05, 0) is 64.9 Å². The van der Waals surface area contributed by atoms with Crippen LogP contribution in [0.3, 0.4) is 0 Å².